The molecule has 162 valence electrons. The van der Waals surface area contributed by atoms with E-state index in [2.05, 4.69) is 14.7 Å². The smallest absolute Gasteiger partial charge is 0.255 e. The summed E-state index contributed by atoms with van der Waals surface area (Å²) in [6.07, 6.45) is 5.33. The third-order valence-electron chi connectivity index (χ3n) is 4.52. The zero-order valence-electron chi connectivity index (χ0n) is 17.6. The first-order chi connectivity index (χ1) is 15.4. The van der Waals surface area contributed by atoms with Gasteiger partial charge in [0.25, 0.3) is 10.0 Å². The van der Waals surface area contributed by atoms with E-state index in [1.165, 1.54) is 0 Å². The van der Waals surface area contributed by atoms with Crippen LogP contribution in [0.3, 0.4) is 0 Å². The van der Waals surface area contributed by atoms with E-state index in [4.69, 9.17) is 4.74 Å². The van der Waals surface area contributed by atoms with Crippen molar-refractivity contribution < 1.29 is 13.2 Å². The molecule has 2 heterocycles. The standard InChI is InChI=1S/C24H22N4O3S/c1-18-5-7-20(8-6-18)13-16-32(29,30)27-21-9-11-22(12-10-21)31-24-17-23(25-19(2)26-24)28-14-3-4-15-28/h3-17,27H,1-2H3/b16-13+. The van der Waals surface area contributed by atoms with Crippen LogP contribution in [0.25, 0.3) is 11.9 Å². The first kappa shape index (κ1) is 21.3. The number of hydrogen-bond donors (Lipinski definition) is 1. The maximum atomic E-state index is 12.4. The molecule has 0 aliphatic carbocycles. The fourth-order valence-electron chi connectivity index (χ4n) is 2.95. The second kappa shape index (κ2) is 9.07. The summed E-state index contributed by atoms with van der Waals surface area (Å²) >= 11 is 0. The van der Waals surface area contributed by atoms with Gasteiger partial charge in [-0.2, -0.15) is 4.98 Å². The highest BCUT2D eigenvalue weighted by atomic mass is 32.2. The number of nitrogens with zero attached hydrogens (tertiary/aromatic N) is 3. The van der Waals surface area contributed by atoms with E-state index >= 15 is 0 Å². The molecule has 4 rings (SSSR count). The summed E-state index contributed by atoms with van der Waals surface area (Å²) in [7, 11) is -3.65. The molecule has 0 radical (unpaired) electrons. The molecule has 1 N–H and O–H groups in total. The Morgan fingerprint density at radius 2 is 1.62 bits per heavy atom. The van der Waals surface area contributed by atoms with Crippen LogP contribution in [-0.4, -0.2) is 23.0 Å². The lowest BCUT2D eigenvalue weighted by molar-refractivity contribution is 0.459. The number of rotatable bonds is 7. The Hall–Kier alpha value is -3.91. The van der Waals surface area contributed by atoms with Crippen molar-refractivity contribution in [1.29, 1.82) is 0 Å². The predicted molar refractivity (Wildman–Crippen MR) is 125 cm³/mol. The van der Waals surface area contributed by atoms with Crippen LogP contribution in [0.5, 0.6) is 11.6 Å². The van der Waals surface area contributed by atoms with Crippen molar-refractivity contribution in [2.45, 2.75) is 13.8 Å². The van der Waals surface area contributed by atoms with Crippen molar-refractivity contribution in [2.75, 3.05) is 4.72 Å². The van der Waals surface area contributed by atoms with Crippen molar-refractivity contribution in [1.82, 2.24) is 14.5 Å². The van der Waals surface area contributed by atoms with Crippen LogP contribution in [0.4, 0.5) is 5.69 Å². The fourth-order valence-corrected chi connectivity index (χ4v) is 3.82. The van der Waals surface area contributed by atoms with E-state index in [1.54, 1.807) is 43.3 Å². The summed E-state index contributed by atoms with van der Waals surface area (Å²) in [6.45, 7) is 3.77. The molecule has 0 fully saturated rings. The van der Waals surface area contributed by atoms with Gasteiger partial charge in [-0.1, -0.05) is 29.8 Å². The van der Waals surface area contributed by atoms with E-state index in [0.29, 0.717) is 29.0 Å². The number of anilines is 1. The van der Waals surface area contributed by atoms with Gasteiger partial charge in [-0.3, -0.25) is 4.72 Å². The maximum absolute atomic E-state index is 12.4. The van der Waals surface area contributed by atoms with Crippen molar-refractivity contribution in [3.63, 3.8) is 0 Å². The average molecular weight is 447 g/mol. The Balaban J connectivity index is 1.44. The van der Waals surface area contributed by atoms with Gasteiger partial charge in [-0.25, -0.2) is 13.4 Å². The second-order valence-electron chi connectivity index (χ2n) is 7.19. The van der Waals surface area contributed by atoms with Crippen molar-refractivity contribution in [2.24, 2.45) is 0 Å². The maximum Gasteiger partial charge on any atom is 0.255 e. The summed E-state index contributed by atoms with van der Waals surface area (Å²) < 4.78 is 34.9. The normalized spacial score (nSPS) is 11.6. The highest BCUT2D eigenvalue weighted by Gasteiger charge is 2.08. The number of benzene rings is 2. The minimum atomic E-state index is -3.65. The third kappa shape index (κ3) is 5.61. The SMILES string of the molecule is Cc1ccc(/C=C/S(=O)(=O)Nc2ccc(Oc3cc(-n4cccc4)nc(C)n3)cc2)cc1. The lowest BCUT2D eigenvalue weighted by Crippen LogP contribution is -2.08. The average Bonchev–Trinajstić information content (AvgIpc) is 3.29. The molecule has 0 aliphatic rings. The van der Waals surface area contributed by atoms with Crippen LogP contribution >= 0.6 is 0 Å². The van der Waals surface area contributed by atoms with Gasteiger partial charge >= 0.3 is 0 Å². The number of nitrogens with one attached hydrogen (secondary N) is 1. The molecule has 0 amide bonds. The highest BCUT2D eigenvalue weighted by molar-refractivity contribution is 7.95. The van der Waals surface area contributed by atoms with Crippen LogP contribution < -0.4 is 9.46 Å². The van der Waals surface area contributed by atoms with Crippen LogP contribution in [0.2, 0.25) is 0 Å². The lowest BCUT2D eigenvalue weighted by Gasteiger charge is -2.09. The molecule has 0 aliphatic heterocycles. The molecule has 0 bridgehead atoms. The molecule has 2 aromatic heterocycles. The fraction of sp³-hybridized carbons (Fsp3) is 0.0833. The summed E-state index contributed by atoms with van der Waals surface area (Å²) in [6, 6.07) is 19.8. The Kier molecular flexibility index (Phi) is 6.04. The Morgan fingerprint density at radius 3 is 2.31 bits per heavy atom. The highest BCUT2D eigenvalue weighted by Crippen LogP contribution is 2.23. The Labute approximate surface area is 187 Å². The number of ether oxygens (including phenoxy) is 1. The first-order valence-electron chi connectivity index (χ1n) is 9.91. The first-order valence-corrected chi connectivity index (χ1v) is 11.5. The molecule has 7 nitrogen and oxygen atoms in total. The summed E-state index contributed by atoms with van der Waals surface area (Å²) in [4.78, 5) is 8.72. The minimum absolute atomic E-state index is 0.399. The number of hydrogen-bond acceptors (Lipinski definition) is 5. The molecular weight excluding hydrogens is 424 g/mol. The van der Waals surface area contributed by atoms with Crippen molar-refractivity contribution in [3.8, 4) is 17.4 Å². The van der Waals surface area contributed by atoms with E-state index in [9.17, 15) is 8.42 Å². The molecule has 0 atom stereocenters. The molecule has 32 heavy (non-hydrogen) atoms. The predicted octanol–water partition coefficient (Wildman–Crippen LogP) is 5.09. The lowest BCUT2D eigenvalue weighted by atomic mass is 10.2. The second-order valence-corrected chi connectivity index (χ2v) is 8.76. The van der Waals surface area contributed by atoms with Gasteiger partial charge in [-0.15, -0.1) is 0 Å². The van der Waals surface area contributed by atoms with Crippen molar-refractivity contribution in [3.05, 3.63) is 101 Å². The van der Waals surface area contributed by atoms with Crippen LogP contribution in [-0.2, 0) is 10.0 Å². The van der Waals surface area contributed by atoms with Crippen LogP contribution in [0.1, 0.15) is 17.0 Å². The zero-order chi connectivity index (χ0) is 22.6. The van der Waals surface area contributed by atoms with Gasteiger partial charge in [-0.05, 0) is 61.9 Å². The molecule has 4 aromatic rings. The molecule has 0 saturated carbocycles. The molecule has 2 aromatic carbocycles. The van der Waals surface area contributed by atoms with Gasteiger partial charge in [0.15, 0.2) is 0 Å². The van der Waals surface area contributed by atoms with Gasteiger partial charge in [0.05, 0.1) is 5.41 Å². The summed E-state index contributed by atoms with van der Waals surface area (Å²) in [5.74, 6) is 2.20. The van der Waals surface area contributed by atoms with Gasteiger partial charge in [0, 0.05) is 24.1 Å². The largest absolute Gasteiger partial charge is 0.439 e. The molecule has 0 spiro atoms. The van der Waals surface area contributed by atoms with Crippen molar-refractivity contribution >= 4 is 21.8 Å². The Bertz CT molecular complexity index is 1330. The number of aryl methyl sites for hydroxylation is 2. The topological polar surface area (TPSA) is 86.1 Å². The van der Waals surface area contributed by atoms with Crippen LogP contribution in [0.15, 0.2) is 84.5 Å². The van der Waals surface area contributed by atoms with E-state index < -0.39 is 10.0 Å². The molecular formula is C24H22N4O3S. The van der Waals surface area contributed by atoms with E-state index in [1.807, 2.05) is 60.3 Å². The number of sulfonamides is 1. The van der Waals surface area contributed by atoms with E-state index in [-0.39, 0.29) is 0 Å². The Morgan fingerprint density at radius 1 is 0.938 bits per heavy atom. The summed E-state index contributed by atoms with van der Waals surface area (Å²) in [5.41, 5.74) is 2.35. The monoisotopic (exact) mass is 446 g/mol. The van der Waals surface area contributed by atoms with Gasteiger partial charge < -0.3 is 9.30 Å². The third-order valence-corrected chi connectivity index (χ3v) is 5.54. The van der Waals surface area contributed by atoms with Crippen LogP contribution in [0, 0.1) is 13.8 Å². The van der Waals surface area contributed by atoms with Gasteiger partial charge in [0.2, 0.25) is 5.88 Å². The quantitative estimate of drug-likeness (QED) is 0.427. The minimum Gasteiger partial charge on any atom is -0.439 e. The summed E-state index contributed by atoms with van der Waals surface area (Å²) in [5, 5.41) is 1.15. The zero-order valence-corrected chi connectivity index (χ0v) is 18.5. The van der Waals surface area contributed by atoms with Gasteiger partial charge in [0.1, 0.15) is 17.4 Å². The van der Waals surface area contributed by atoms with E-state index in [0.717, 1.165) is 16.5 Å². The molecule has 0 unspecified atom stereocenters. The number of aromatic nitrogens is 3. The molecule has 8 heteroatoms. The molecule has 0 saturated heterocycles.